The van der Waals surface area contributed by atoms with E-state index >= 15 is 0 Å². The summed E-state index contributed by atoms with van der Waals surface area (Å²) in [4.78, 5) is -0.417. The Bertz CT molecular complexity index is 1690. The molecule has 49 heavy (non-hydrogen) atoms. The number of rotatable bonds is 10. The van der Waals surface area contributed by atoms with Gasteiger partial charge in [-0.3, -0.25) is 9.11 Å². The zero-order valence-corrected chi connectivity index (χ0v) is 31.8. The van der Waals surface area contributed by atoms with Crippen molar-refractivity contribution in [2.24, 2.45) is 58.2 Å². The van der Waals surface area contributed by atoms with Crippen molar-refractivity contribution in [2.75, 3.05) is 0 Å². The van der Waals surface area contributed by atoms with E-state index in [0.29, 0.717) is 33.4 Å². The molecule has 0 radical (unpaired) electrons. The lowest BCUT2D eigenvalue weighted by atomic mass is 9.44. The van der Waals surface area contributed by atoms with E-state index in [9.17, 15) is 25.9 Å². The third kappa shape index (κ3) is 7.36. The van der Waals surface area contributed by atoms with Gasteiger partial charge in [-0.2, -0.15) is 16.8 Å². The molecule has 0 bridgehead atoms. The number of benzene rings is 2. The molecule has 0 aromatic heterocycles. The molecular formula is C41H58O6S2. The van der Waals surface area contributed by atoms with Gasteiger partial charge in [-0.25, -0.2) is 0 Å². The van der Waals surface area contributed by atoms with Gasteiger partial charge in [0, 0.05) is 0 Å². The molecule has 2 N–H and O–H groups in total. The standard InChI is InChI=1S/C41H58O6S2/c1-27(2)9-6-10-28(3)37-17-18-38-35-16-15-32-23-29(19-21-40(32,4)39(35)20-22-41(37,38)5)24-36(30-11-7-13-33(25-30)48(42,43)44)31-12-8-14-34(26-31)49(45,46)47/h7-8,11-14,24-29,32,35,37-39H,6,9-10,15-23H2,1-5H3,(H,42,43,44)(H,45,46,47)/t28?,29?,32?,35-,37+,38-,39-,40-,41+/m0/s1. The van der Waals surface area contributed by atoms with Crippen molar-refractivity contribution >= 4 is 25.8 Å². The lowest BCUT2D eigenvalue weighted by Gasteiger charge is -2.61. The molecule has 4 fully saturated rings. The fraction of sp³-hybridized carbons (Fsp3) is 0.659. The van der Waals surface area contributed by atoms with Gasteiger partial charge >= 0.3 is 0 Å². The lowest BCUT2D eigenvalue weighted by Crippen LogP contribution is -2.53. The minimum Gasteiger partial charge on any atom is -0.282 e. The third-order valence-electron chi connectivity index (χ3n) is 14.2. The minimum atomic E-state index is -4.43. The summed E-state index contributed by atoms with van der Waals surface area (Å²) in [6.07, 6.45) is 17.6. The van der Waals surface area contributed by atoms with Crippen LogP contribution in [0.5, 0.6) is 0 Å². The summed E-state index contributed by atoms with van der Waals surface area (Å²) in [6.45, 7) is 12.5. The van der Waals surface area contributed by atoms with E-state index in [1.54, 1.807) is 24.3 Å². The Labute approximate surface area is 296 Å². The van der Waals surface area contributed by atoms with E-state index in [1.165, 1.54) is 82.1 Å². The Hall–Kier alpha value is -2.00. The summed E-state index contributed by atoms with van der Waals surface area (Å²) >= 11 is 0. The SMILES string of the molecule is CC(C)CCCC(C)[C@H]1CC[C@H]2[C@@H]3CCC4CC(C=C(c5cccc(S(=O)(=O)O)c5)c5cccc(S(=O)(=O)O)c5)CC[C@]4(C)[C@H]3CC[C@]12C. The molecule has 0 amide bonds. The van der Waals surface area contributed by atoms with Crippen LogP contribution in [0.3, 0.4) is 0 Å². The Balaban J connectivity index is 1.24. The largest absolute Gasteiger partial charge is 0.294 e. The predicted molar refractivity (Wildman–Crippen MR) is 196 cm³/mol. The van der Waals surface area contributed by atoms with Gasteiger partial charge in [0.25, 0.3) is 20.2 Å². The van der Waals surface area contributed by atoms with Crippen LogP contribution in [0.15, 0.2) is 64.4 Å². The van der Waals surface area contributed by atoms with Gasteiger partial charge in [0.1, 0.15) is 0 Å². The van der Waals surface area contributed by atoms with Crippen LogP contribution in [0, 0.1) is 58.2 Å². The van der Waals surface area contributed by atoms with Crippen LogP contribution in [-0.4, -0.2) is 25.9 Å². The van der Waals surface area contributed by atoms with Crippen molar-refractivity contribution in [2.45, 2.75) is 121 Å². The van der Waals surface area contributed by atoms with Crippen LogP contribution >= 0.6 is 0 Å². The molecule has 0 spiro atoms. The average Bonchev–Trinajstić information content (AvgIpc) is 3.40. The van der Waals surface area contributed by atoms with Crippen molar-refractivity contribution in [3.05, 3.63) is 65.7 Å². The van der Waals surface area contributed by atoms with Crippen LogP contribution in [0.25, 0.3) is 5.57 Å². The monoisotopic (exact) mass is 710 g/mol. The highest BCUT2D eigenvalue weighted by Gasteiger charge is 2.60. The van der Waals surface area contributed by atoms with Crippen molar-refractivity contribution in [3.63, 3.8) is 0 Å². The van der Waals surface area contributed by atoms with E-state index in [0.717, 1.165) is 54.8 Å². The zero-order valence-electron chi connectivity index (χ0n) is 30.1. The Morgan fingerprint density at radius 1 is 0.776 bits per heavy atom. The second-order valence-electron chi connectivity index (χ2n) is 17.3. The molecule has 4 saturated carbocycles. The van der Waals surface area contributed by atoms with Crippen molar-refractivity contribution in [1.29, 1.82) is 0 Å². The topological polar surface area (TPSA) is 109 Å². The summed E-state index contributed by atoms with van der Waals surface area (Å²) in [5, 5.41) is 0. The van der Waals surface area contributed by atoms with Gasteiger partial charge in [0.15, 0.2) is 0 Å². The van der Waals surface area contributed by atoms with Crippen LogP contribution < -0.4 is 0 Å². The molecular weight excluding hydrogens is 653 g/mol. The zero-order chi connectivity index (χ0) is 35.4. The van der Waals surface area contributed by atoms with E-state index in [-0.39, 0.29) is 15.7 Å². The highest BCUT2D eigenvalue weighted by atomic mass is 32.2. The maximum absolute atomic E-state index is 12.1. The number of allylic oxidation sites excluding steroid dienone is 1. The minimum absolute atomic E-state index is 0.209. The second kappa shape index (κ2) is 13.9. The quantitative estimate of drug-likeness (QED) is 0.238. The number of hydrogen-bond acceptors (Lipinski definition) is 4. The molecule has 8 heteroatoms. The van der Waals surface area contributed by atoms with Crippen molar-refractivity contribution in [1.82, 2.24) is 0 Å². The first-order chi connectivity index (χ1) is 23.0. The lowest BCUT2D eigenvalue weighted by molar-refractivity contribution is -0.118. The molecule has 6 rings (SSSR count). The van der Waals surface area contributed by atoms with E-state index in [1.807, 2.05) is 0 Å². The van der Waals surface area contributed by atoms with Gasteiger partial charge in [0.2, 0.25) is 0 Å². The summed E-state index contributed by atoms with van der Waals surface area (Å²) < 4.78 is 67.8. The smallest absolute Gasteiger partial charge is 0.282 e. The molecule has 4 aliphatic rings. The van der Waals surface area contributed by atoms with Gasteiger partial charge in [-0.15, -0.1) is 0 Å². The predicted octanol–water partition coefficient (Wildman–Crippen LogP) is 10.3. The molecule has 2 aromatic rings. The first kappa shape index (κ1) is 36.8. The molecule has 3 unspecified atom stereocenters. The highest BCUT2D eigenvalue weighted by Crippen LogP contribution is 2.68. The van der Waals surface area contributed by atoms with Crippen LogP contribution in [-0.2, 0) is 20.2 Å². The Morgan fingerprint density at radius 3 is 1.96 bits per heavy atom. The van der Waals surface area contributed by atoms with Gasteiger partial charge in [-0.05, 0) is 157 Å². The molecule has 6 nitrogen and oxygen atoms in total. The molecule has 0 aliphatic heterocycles. The van der Waals surface area contributed by atoms with E-state index in [2.05, 4.69) is 40.7 Å². The molecule has 2 aromatic carbocycles. The van der Waals surface area contributed by atoms with Crippen LogP contribution in [0.2, 0.25) is 0 Å². The van der Waals surface area contributed by atoms with Gasteiger partial charge < -0.3 is 0 Å². The van der Waals surface area contributed by atoms with Gasteiger partial charge in [-0.1, -0.05) is 84.2 Å². The Morgan fingerprint density at radius 2 is 1.37 bits per heavy atom. The molecule has 9 atom stereocenters. The second-order valence-corrected chi connectivity index (χ2v) is 20.2. The van der Waals surface area contributed by atoms with Crippen LogP contribution in [0.4, 0.5) is 0 Å². The third-order valence-corrected chi connectivity index (χ3v) is 15.9. The number of fused-ring (bicyclic) bond motifs is 5. The van der Waals surface area contributed by atoms with Crippen molar-refractivity contribution < 1.29 is 25.9 Å². The Kier molecular flexibility index (Phi) is 10.4. The molecule has 0 heterocycles. The molecule has 4 aliphatic carbocycles. The maximum atomic E-state index is 12.1. The summed E-state index contributed by atoms with van der Waals surface area (Å²) in [5.41, 5.74) is 2.67. The molecule has 270 valence electrons. The highest BCUT2D eigenvalue weighted by molar-refractivity contribution is 7.86. The number of hydrogen-bond donors (Lipinski definition) is 2. The van der Waals surface area contributed by atoms with Gasteiger partial charge in [0.05, 0.1) is 9.79 Å². The van der Waals surface area contributed by atoms with E-state index in [4.69, 9.17) is 0 Å². The normalized spacial score (nSPS) is 33.7. The first-order valence-electron chi connectivity index (χ1n) is 18.9. The van der Waals surface area contributed by atoms with E-state index < -0.39 is 20.2 Å². The molecule has 0 saturated heterocycles. The van der Waals surface area contributed by atoms with Crippen molar-refractivity contribution in [3.8, 4) is 0 Å². The maximum Gasteiger partial charge on any atom is 0.294 e. The first-order valence-corrected chi connectivity index (χ1v) is 21.8. The summed E-state index contributed by atoms with van der Waals surface area (Å²) in [7, 11) is -8.86. The fourth-order valence-corrected chi connectivity index (χ4v) is 12.8. The average molecular weight is 711 g/mol. The fourth-order valence-electron chi connectivity index (χ4n) is 11.7. The van der Waals surface area contributed by atoms with Crippen LogP contribution in [0.1, 0.15) is 123 Å². The summed E-state index contributed by atoms with van der Waals surface area (Å²) in [6, 6.07) is 12.4. The summed E-state index contributed by atoms with van der Waals surface area (Å²) in [5.74, 6) is 5.73.